The van der Waals surface area contributed by atoms with Crippen molar-refractivity contribution in [1.82, 2.24) is 4.90 Å². The number of allylic oxidation sites excluding steroid dienone is 1. The molecule has 0 bridgehead atoms. The molecule has 1 saturated heterocycles. The maximum absolute atomic E-state index is 12.5. The molecule has 0 N–H and O–H groups in total. The van der Waals surface area contributed by atoms with Crippen LogP contribution in [0.3, 0.4) is 0 Å². The first kappa shape index (κ1) is 20.3. The first-order valence-corrected chi connectivity index (χ1v) is 9.04. The molecule has 2 rings (SSSR count). The SMILES string of the molecule is CC(C)(C)OC(=O)N1CCOCC=C1CCB1OC(C)(C)C(C)(C)O1. The highest BCUT2D eigenvalue weighted by molar-refractivity contribution is 6.45. The van der Waals surface area contributed by atoms with Gasteiger partial charge in [0.2, 0.25) is 0 Å². The Morgan fingerprint density at radius 2 is 1.84 bits per heavy atom. The number of rotatable bonds is 3. The minimum absolute atomic E-state index is 0.282. The van der Waals surface area contributed by atoms with Crippen LogP contribution in [0.15, 0.2) is 11.8 Å². The molecule has 2 aliphatic heterocycles. The van der Waals surface area contributed by atoms with Gasteiger partial charge < -0.3 is 18.8 Å². The van der Waals surface area contributed by atoms with Crippen LogP contribution in [0.2, 0.25) is 6.32 Å². The molecule has 0 aromatic carbocycles. The van der Waals surface area contributed by atoms with E-state index in [4.69, 9.17) is 18.8 Å². The zero-order valence-corrected chi connectivity index (χ0v) is 16.7. The molecular formula is C18H32BNO5. The van der Waals surface area contributed by atoms with E-state index in [2.05, 4.69) is 0 Å². The van der Waals surface area contributed by atoms with Crippen molar-refractivity contribution in [2.45, 2.75) is 78.0 Å². The molecule has 2 aliphatic rings. The van der Waals surface area contributed by atoms with Crippen LogP contribution in [0.4, 0.5) is 4.79 Å². The predicted octanol–water partition coefficient (Wildman–Crippen LogP) is 3.62. The Morgan fingerprint density at radius 3 is 2.40 bits per heavy atom. The van der Waals surface area contributed by atoms with Gasteiger partial charge in [-0.3, -0.25) is 4.90 Å². The monoisotopic (exact) mass is 353 g/mol. The molecule has 1 fully saturated rings. The van der Waals surface area contributed by atoms with Gasteiger partial charge in [0.1, 0.15) is 5.60 Å². The minimum atomic E-state index is -0.527. The number of ether oxygens (including phenoxy) is 2. The van der Waals surface area contributed by atoms with Gasteiger partial charge in [0, 0.05) is 5.70 Å². The lowest BCUT2D eigenvalue weighted by atomic mass is 9.82. The van der Waals surface area contributed by atoms with Crippen LogP contribution in [-0.2, 0) is 18.8 Å². The van der Waals surface area contributed by atoms with E-state index in [1.54, 1.807) is 4.90 Å². The Bertz CT molecular complexity index is 508. The van der Waals surface area contributed by atoms with Gasteiger partial charge in [0.05, 0.1) is 31.0 Å². The Labute approximate surface area is 152 Å². The van der Waals surface area contributed by atoms with Gasteiger partial charge in [-0.05, 0) is 67.3 Å². The zero-order chi connectivity index (χ0) is 18.9. The van der Waals surface area contributed by atoms with Gasteiger partial charge >= 0.3 is 13.2 Å². The summed E-state index contributed by atoms with van der Waals surface area (Å²) in [6, 6.07) is 0. The van der Waals surface area contributed by atoms with Gasteiger partial charge in [0.25, 0.3) is 0 Å². The van der Waals surface area contributed by atoms with Gasteiger partial charge in [0.15, 0.2) is 0 Å². The van der Waals surface area contributed by atoms with Crippen molar-refractivity contribution < 1.29 is 23.6 Å². The largest absolute Gasteiger partial charge is 0.458 e. The van der Waals surface area contributed by atoms with Crippen molar-refractivity contribution in [1.29, 1.82) is 0 Å². The Balaban J connectivity index is 2.00. The molecule has 1 amide bonds. The summed E-state index contributed by atoms with van der Waals surface area (Å²) in [5.74, 6) is 0. The van der Waals surface area contributed by atoms with E-state index in [9.17, 15) is 4.79 Å². The summed E-state index contributed by atoms with van der Waals surface area (Å²) >= 11 is 0. The van der Waals surface area contributed by atoms with Crippen LogP contribution in [-0.4, -0.2) is 54.7 Å². The first-order valence-electron chi connectivity index (χ1n) is 9.04. The minimum Gasteiger partial charge on any atom is -0.443 e. The number of carbonyl (C=O) groups is 1. The first-order chi connectivity index (χ1) is 11.4. The zero-order valence-electron chi connectivity index (χ0n) is 16.7. The van der Waals surface area contributed by atoms with E-state index in [0.717, 1.165) is 5.70 Å². The van der Waals surface area contributed by atoms with Crippen LogP contribution >= 0.6 is 0 Å². The van der Waals surface area contributed by atoms with Gasteiger partial charge in [-0.15, -0.1) is 0 Å². The summed E-state index contributed by atoms with van der Waals surface area (Å²) in [5.41, 5.74) is -0.310. The molecule has 6 nitrogen and oxygen atoms in total. The molecule has 2 heterocycles. The number of amides is 1. The van der Waals surface area contributed by atoms with Crippen molar-refractivity contribution in [2.75, 3.05) is 19.8 Å². The lowest BCUT2D eigenvalue weighted by Crippen LogP contribution is -2.41. The van der Waals surface area contributed by atoms with Crippen LogP contribution in [0.5, 0.6) is 0 Å². The van der Waals surface area contributed by atoms with E-state index < -0.39 is 5.60 Å². The number of hydrogen-bond donors (Lipinski definition) is 0. The molecular weight excluding hydrogens is 321 g/mol. The maximum Gasteiger partial charge on any atom is 0.458 e. The molecule has 0 spiro atoms. The molecule has 7 heteroatoms. The lowest BCUT2D eigenvalue weighted by molar-refractivity contribution is 0.00578. The van der Waals surface area contributed by atoms with Crippen molar-refractivity contribution >= 4 is 13.2 Å². The van der Waals surface area contributed by atoms with Crippen molar-refractivity contribution in [2.24, 2.45) is 0 Å². The molecule has 0 aromatic rings. The maximum atomic E-state index is 12.5. The second-order valence-corrected chi connectivity index (χ2v) is 8.63. The molecule has 0 unspecified atom stereocenters. The average molecular weight is 353 g/mol. The molecule has 142 valence electrons. The summed E-state index contributed by atoms with van der Waals surface area (Å²) < 4.78 is 23.1. The van der Waals surface area contributed by atoms with Crippen molar-refractivity contribution in [3.05, 3.63) is 11.8 Å². The van der Waals surface area contributed by atoms with Crippen LogP contribution in [0.1, 0.15) is 54.9 Å². The smallest absolute Gasteiger partial charge is 0.443 e. The summed E-state index contributed by atoms with van der Waals surface area (Å²) in [6.45, 7) is 15.2. The standard InChI is InChI=1S/C18H32BNO5/c1-16(2,3)23-15(21)20-11-13-22-12-9-14(20)8-10-19-24-17(4,5)18(6,7)25-19/h9H,8,10-13H2,1-7H3. The van der Waals surface area contributed by atoms with Gasteiger partial charge in [-0.1, -0.05) is 0 Å². The van der Waals surface area contributed by atoms with E-state index in [0.29, 0.717) is 32.5 Å². The van der Waals surface area contributed by atoms with Crippen LogP contribution in [0.25, 0.3) is 0 Å². The molecule has 0 radical (unpaired) electrons. The summed E-state index contributed by atoms with van der Waals surface area (Å²) in [7, 11) is -0.282. The van der Waals surface area contributed by atoms with E-state index in [-0.39, 0.29) is 24.4 Å². The van der Waals surface area contributed by atoms with Gasteiger partial charge in [-0.2, -0.15) is 0 Å². The second-order valence-electron chi connectivity index (χ2n) is 8.63. The molecule has 0 atom stereocenters. The average Bonchev–Trinajstić information content (AvgIpc) is 2.61. The number of hydrogen-bond acceptors (Lipinski definition) is 5. The quantitative estimate of drug-likeness (QED) is 0.726. The molecule has 0 saturated carbocycles. The van der Waals surface area contributed by atoms with Crippen molar-refractivity contribution in [3.63, 3.8) is 0 Å². The fourth-order valence-electron chi connectivity index (χ4n) is 2.76. The molecule has 25 heavy (non-hydrogen) atoms. The Hall–Kier alpha value is -1.05. The topological polar surface area (TPSA) is 57.2 Å². The Kier molecular flexibility index (Phi) is 5.91. The highest BCUT2D eigenvalue weighted by Crippen LogP contribution is 2.38. The van der Waals surface area contributed by atoms with E-state index in [1.165, 1.54) is 0 Å². The van der Waals surface area contributed by atoms with Crippen molar-refractivity contribution in [3.8, 4) is 0 Å². The number of nitrogens with zero attached hydrogens (tertiary/aromatic N) is 1. The van der Waals surface area contributed by atoms with Gasteiger partial charge in [-0.25, -0.2) is 4.79 Å². The summed E-state index contributed by atoms with van der Waals surface area (Å²) in [6.07, 6.45) is 2.96. The molecule has 0 aliphatic carbocycles. The van der Waals surface area contributed by atoms with Crippen LogP contribution in [0, 0.1) is 0 Å². The number of carbonyl (C=O) groups excluding carboxylic acids is 1. The fourth-order valence-corrected chi connectivity index (χ4v) is 2.76. The highest BCUT2D eigenvalue weighted by atomic mass is 16.7. The highest BCUT2D eigenvalue weighted by Gasteiger charge is 2.50. The van der Waals surface area contributed by atoms with E-state index in [1.807, 2.05) is 54.5 Å². The third-order valence-electron chi connectivity index (χ3n) is 4.79. The van der Waals surface area contributed by atoms with E-state index >= 15 is 0 Å². The fraction of sp³-hybridized carbons (Fsp3) is 0.833. The molecule has 0 aromatic heterocycles. The van der Waals surface area contributed by atoms with Crippen LogP contribution < -0.4 is 0 Å². The lowest BCUT2D eigenvalue weighted by Gasteiger charge is -2.32. The summed E-state index contributed by atoms with van der Waals surface area (Å²) in [4.78, 5) is 14.2. The summed E-state index contributed by atoms with van der Waals surface area (Å²) in [5, 5.41) is 0. The normalized spacial score (nSPS) is 23.2. The predicted molar refractivity (Wildman–Crippen MR) is 97.3 cm³/mol. The Morgan fingerprint density at radius 1 is 1.24 bits per heavy atom. The third kappa shape index (κ3) is 5.22. The second kappa shape index (κ2) is 7.29. The third-order valence-corrected chi connectivity index (χ3v) is 4.79.